The lowest BCUT2D eigenvalue weighted by Gasteiger charge is -2.09. The number of aromatic carboxylic acids is 1. The molecule has 2 aromatic rings. The Hall–Kier alpha value is -2.63. The Balaban J connectivity index is 2.14. The molecule has 1 heterocycles. The van der Waals surface area contributed by atoms with Crippen molar-refractivity contribution in [3.63, 3.8) is 0 Å². The number of rotatable bonds is 7. The van der Waals surface area contributed by atoms with Gasteiger partial charge in [-0.15, -0.1) is 0 Å². The van der Waals surface area contributed by atoms with Crippen LogP contribution < -0.4 is 10.1 Å². The van der Waals surface area contributed by atoms with Gasteiger partial charge in [-0.1, -0.05) is 19.1 Å². The monoisotopic (exact) mass is 301 g/mol. The molecule has 0 aliphatic carbocycles. The first-order valence-corrected chi connectivity index (χ1v) is 7.13. The SMILES string of the molecule is CCCNc1cc(C(=O)O)nc(COc2cccc(C)c2)n1. The maximum Gasteiger partial charge on any atom is 0.354 e. The van der Waals surface area contributed by atoms with Gasteiger partial charge in [-0.3, -0.25) is 0 Å². The first kappa shape index (κ1) is 15.8. The molecule has 0 saturated carbocycles. The molecule has 0 saturated heterocycles. The summed E-state index contributed by atoms with van der Waals surface area (Å²) in [6.45, 7) is 4.83. The van der Waals surface area contributed by atoms with Crippen molar-refractivity contribution in [2.24, 2.45) is 0 Å². The highest BCUT2D eigenvalue weighted by Crippen LogP contribution is 2.14. The minimum absolute atomic E-state index is 0.0450. The molecule has 22 heavy (non-hydrogen) atoms. The topological polar surface area (TPSA) is 84.3 Å². The fourth-order valence-corrected chi connectivity index (χ4v) is 1.87. The number of carboxylic acids is 1. The number of aryl methyl sites for hydroxylation is 1. The Kier molecular flexibility index (Phi) is 5.30. The minimum Gasteiger partial charge on any atom is -0.486 e. The summed E-state index contributed by atoms with van der Waals surface area (Å²) >= 11 is 0. The lowest BCUT2D eigenvalue weighted by molar-refractivity contribution is 0.0689. The Morgan fingerprint density at radius 2 is 2.14 bits per heavy atom. The summed E-state index contributed by atoms with van der Waals surface area (Å²) in [6, 6.07) is 9.03. The number of aromatic nitrogens is 2. The number of hydrogen-bond donors (Lipinski definition) is 2. The van der Waals surface area contributed by atoms with E-state index in [4.69, 9.17) is 9.84 Å². The molecule has 1 aromatic carbocycles. The van der Waals surface area contributed by atoms with Gasteiger partial charge in [0.15, 0.2) is 11.5 Å². The molecule has 0 bridgehead atoms. The van der Waals surface area contributed by atoms with E-state index in [0.717, 1.165) is 12.0 Å². The molecule has 0 fully saturated rings. The molecule has 2 rings (SSSR count). The molecule has 0 spiro atoms. The summed E-state index contributed by atoms with van der Waals surface area (Å²) in [4.78, 5) is 19.4. The number of nitrogens with one attached hydrogen (secondary N) is 1. The predicted octanol–water partition coefficient (Wildman–Crippen LogP) is 2.88. The lowest BCUT2D eigenvalue weighted by atomic mass is 10.2. The van der Waals surface area contributed by atoms with Gasteiger partial charge < -0.3 is 15.2 Å². The Labute approximate surface area is 129 Å². The summed E-state index contributed by atoms with van der Waals surface area (Å²) in [5, 5.41) is 12.2. The van der Waals surface area contributed by atoms with Gasteiger partial charge >= 0.3 is 5.97 Å². The summed E-state index contributed by atoms with van der Waals surface area (Å²) in [6.07, 6.45) is 0.918. The number of nitrogens with zero attached hydrogens (tertiary/aromatic N) is 2. The zero-order chi connectivity index (χ0) is 15.9. The summed E-state index contributed by atoms with van der Waals surface area (Å²) in [7, 11) is 0. The third-order valence-electron chi connectivity index (χ3n) is 2.91. The Bertz CT molecular complexity index is 659. The van der Waals surface area contributed by atoms with Crippen molar-refractivity contribution < 1.29 is 14.6 Å². The minimum atomic E-state index is -1.08. The highest BCUT2D eigenvalue weighted by Gasteiger charge is 2.11. The molecule has 0 aliphatic heterocycles. The average molecular weight is 301 g/mol. The van der Waals surface area contributed by atoms with Gasteiger partial charge in [0, 0.05) is 12.6 Å². The van der Waals surface area contributed by atoms with E-state index >= 15 is 0 Å². The number of ether oxygens (including phenoxy) is 1. The van der Waals surface area contributed by atoms with Crippen molar-refractivity contribution in [1.29, 1.82) is 0 Å². The molecule has 6 nitrogen and oxygen atoms in total. The molecular formula is C16H19N3O3. The van der Waals surface area contributed by atoms with Crippen molar-refractivity contribution in [1.82, 2.24) is 9.97 Å². The number of benzene rings is 1. The molecule has 1 aromatic heterocycles. The van der Waals surface area contributed by atoms with E-state index in [-0.39, 0.29) is 12.3 Å². The average Bonchev–Trinajstić information content (AvgIpc) is 2.51. The second-order valence-corrected chi connectivity index (χ2v) is 4.89. The Morgan fingerprint density at radius 1 is 1.32 bits per heavy atom. The van der Waals surface area contributed by atoms with Crippen LogP contribution in [0.2, 0.25) is 0 Å². The highest BCUT2D eigenvalue weighted by molar-refractivity contribution is 5.86. The van der Waals surface area contributed by atoms with Crippen LogP contribution in [0, 0.1) is 6.92 Å². The van der Waals surface area contributed by atoms with Crippen molar-refractivity contribution in [3.8, 4) is 5.75 Å². The lowest BCUT2D eigenvalue weighted by Crippen LogP contribution is -2.11. The first-order valence-electron chi connectivity index (χ1n) is 7.13. The van der Waals surface area contributed by atoms with Crippen LogP contribution in [0.25, 0.3) is 0 Å². The maximum absolute atomic E-state index is 11.1. The van der Waals surface area contributed by atoms with E-state index in [1.165, 1.54) is 6.07 Å². The van der Waals surface area contributed by atoms with Crippen LogP contribution in [-0.2, 0) is 6.61 Å². The molecular weight excluding hydrogens is 282 g/mol. The van der Waals surface area contributed by atoms with Crippen LogP contribution in [0.4, 0.5) is 5.82 Å². The van der Waals surface area contributed by atoms with Crippen LogP contribution in [0.5, 0.6) is 5.75 Å². The highest BCUT2D eigenvalue weighted by atomic mass is 16.5. The van der Waals surface area contributed by atoms with Gasteiger partial charge in [0.2, 0.25) is 0 Å². The Morgan fingerprint density at radius 3 is 2.82 bits per heavy atom. The van der Waals surface area contributed by atoms with Crippen LogP contribution in [0.3, 0.4) is 0 Å². The zero-order valence-electron chi connectivity index (χ0n) is 12.7. The van der Waals surface area contributed by atoms with Gasteiger partial charge in [0.05, 0.1) is 0 Å². The van der Waals surface area contributed by atoms with Gasteiger partial charge in [-0.25, -0.2) is 14.8 Å². The third-order valence-corrected chi connectivity index (χ3v) is 2.91. The number of anilines is 1. The standard InChI is InChI=1S/C16H19N3O3/c1-3-7-17-14-9-13(16(20)21)18-15(19-14)10-22-12-6-4-5-11(2)8-12/h4-6,8-9H,3,7,10H2,1-2H3,(H,20,21)(H,17,18,19). The van der Waals surface area contributed by atoms with Crippen LogP contribution in [0.15, 0.2) is 30.3 Å². The number of carboxylic acid groups (broad SMARTS) is 1. The fourth-order valence-electron chi connectivity index (χ4n) is 1.87. The largest absolute Gasteiger partial charge is 0.486 e. The van der Waals surface area contributed by atoms with Crippen molar-refractivity contribution in [2.45, 2.75) is 26.9 Å². The van der Waals surface area contributed by atoms with Gasteiger partial charge in [-0.05, 0) is 31.0 Å². The van der Waals surface area contributed by atoms with Crippen LogP contribution >= 0.6 is 0 Å². The van der Waals surface area contributed by atoms with Crippen LogP contribution in [0.1, 0.15) is 35.2 Å². The molecule has 0 radical (unpaired) electrons. The van der Waals surface area contributed by atoms with Gasteiger partial charge in [-0.2, -0.15) is 0 Å². The van der Waals surface area contributed by atoms with Crippen molar-refractivity contribution in [2.75, 3.05) is 11.9 Å². The second kappa shape index (κ2) is 7.40. The molecule has 0 unspecified atom stereocenters. The summed E-state index contributed by atoms with van der Waals surface area (Å²) in [5.41, 5.74) is 1.04. The predicted molar refractivity (Wildman–Crippen MR) is 83.3 cm³/mol. The van der Waals surface area contributed by atoms with Crippen molar-refractivity contribution >= 4 is 11.8 Å². The number of carbonyl (C=O) groups is 1. The normalized spacial score (nSPS) is 10.3. The molecule has 0 amide bonds. The molecule has 0 aliphatic rings. The third kappa shape index (κ3) is 4.44. The fraction of sp³-hybridized carbons (Fsp3) is 0.312. The molecule has 116 valence electrons. The van der Waals surface area contributed by atoms with E-state index in [0.29, 0.717) is 23.9 Å². The first-order chi connectivity index (χ1) is 10.6. The summed E-state index contributed by atoms with van der Waals surface area (Å²) < 4.78 is 5.62. The van der Waals surface area contributed by atoms with E-state index < -0.39 is 5.97 Å². The van der Waals surface area contributed by atoms with Gasteiger partial charge in [0.25, 0.3) is 0 Å². The molecule has 2 N–H and O–H groups in total. The van der Waals surface area contributed by atoms with E-state index in [9.17, 15) is 4.79 Å². The maximum atomic E-state index is 11.1. The van der Waals surface area contributed by atoms with E-state index in [2.05, 4.69) is 15.3 Å². The molecule has 6 heteroatoms. The van der Waals surface area contributed by atoms with E-state index in [1.807, 2.05) is 38.1 Å². The van der Waals surface area contributed by atoms with Gasteiger partial charge in [0.1, 0.15) is 18.2 Å². The summed E-state index contributed by atoms with van der Waals surface area (Å²) in [5.74, 6) is 0.447. The molecule has 0 atom stereocenters. The van der Waals surface area contributed by atoms with Crippen LogP contribution in [-0.4, -0.2) is 27.6 Å². The quantitative estimate of drug-likeness (QED) is 0.818. The number of hydrogen-bond acceptors (Lipinski definition) is 5. The smallest absolute Gasteiger partial charge is 0.354 e. The van der Waals surface area contributed by atoms with E-state index in [1.54, 1.807) is 0 Å². The zero-order valence-corrected chi connectivity index (χ0v) is 12.7. The van der Waals surface area contributed by atoms with Crippen molar-refractivity contribution in [3.05, 3.63) is 47.4 Å². The second-order valence-electron chi connectivity index (χ2n) is 4.89.